The fourth-order valence-electron chi connectivity index (χ4n) is 2.53. The smallest absolute Gasteiger partial charge is 0.290 e. The minimum absolute atomic E-state index is 0. The molecular formula is C14H15BrClN3O2S. The zero-order valence-corrected chi connectivity index (χ0v) is 14.8. The third-order valence-corrected chi connectivity index (χ3v) is 4.94. The molecule has 8 heteroatoms. The maximum Gasteiger partial charge on any atom is 0.290 e. The molecule has 2 aliphatic heterocycles. The Hall–Kier alpha value is -1.02. The molecule has 118 valence electrons. The van der Waals surface area contributed by atoms with Crippen molar-refractivity contribution in [2.24, 2.45) is 5.73 Å². The molecule has 5 nitrogen and oxygen atoms in total. The largest absolute Gasteiger partial charge is 0.369 e. The predicted molar refractivity (Wildman–Crippen MR) is 95.3 cm³/mol. The van der Waals surface area contributed by atoms with Gasteiger partial charge >= 0.3 is 0 Å². The van der Waals surface area contributed by atoms with Gasteiger partial charge in [0.05, 0.1) is 10.6 Å². The van der Waals surface area contributed by atoms with Crippen LogP contribution < -0.4 is 16.0 Å². The molecule has 1 unspecified atom stereocenters. The number of anilines is 1. The molecule has 1 atom stereocenters. The minimum atomic E-state index is -0.339. The standard InChI is InChI=1S/C14H14BrN3O2S.ClH/c15-10-3-1-2-8(6-11-13(19)17-14(20)21-11)12(10)18-5-4-9(16)7-18;/h1-3,6,9H,4-5,7,16H2,(H,17,19,20);1H. The first-order chi connectivity index (χ1) is 10.0. The number of halogens is 2. The van der Waals surface area contributed by atoms with Crippen LogP contribution >= 0.6 is 40.1 Å². The van der Waals surface area contributed by atoms with E-state index >= 15 is 0 Å². The van der Waals surface area contributed by atoms with Gasteiger partial charge in [0.1, 0.15) is 0 Å². The fourth-order valence-corrected chi connectivity index (χ4v) is 3.84. The molecule has 22 heavy (non-hydrogen) atoms. The van der Waals surface area contributed by atoms with Crippen LogP contribution in [0.5, 0.6) is 0 Å². The second-order valence-electron chi connectivity index (χ2n) is 5.02. The lowest BCUT2D eigenvalue weighted by molar-refractivity contribution is -0.115. The summed E-state index contributed by atoms with van der Waals surface area (Å²) in [6.45, 7) is 1.68. The first-order valence-electron chi connectivity index (χ1n) is 6.58. The normalized spacial score (nSPS) is 22.9. The van der Waals surface area contributed by atoms with E-state index in [9.17, 15) is 9.59 Å². The number of benzene rings is 1. The van der Waals surface area contributed by atoms with Crippen molar-refractivity contribution in [1.29, 1.82) is 0 Å². The van der Waals surface area contributed by atoms with E-state index in [2.05, 4.69) is 26.1 Å². The number of hydrogen-bond donors (Lipinski definition) is 2. The van der Waals surface area contributed by atoms with Crippen molar-refractivity contribution >= 4 is 63.0 Å². The Kier molecular flexibility index (Phi) is 5.55. The molecule has 3 rings (SSSR count). The second-order valence-corrected chi connectivity index (χ2v) is 6.89. The summed E-state index contributed by atoms with van der Waals surface area (Å²) in [5.74, 6) is -0.339. The number of nitrogens with zero attached hydrogens (tertiary/aromatic N) is 1. The summed E-state index contributed by atoms with van der Waals surface area (Å²) in [6, 6.07) is 5.99. The summed E-state index contributed by atoms with van der Waals surface area (Å²) in [5, 5.41) is 1.94. The summed E-state index contributed by atoms with van der Waals surface area (Å²) in [4.78, 5) is 25.6. The number of rotatable bonds is 2. The van der Waals surface area contributed by atoms with Gasteiger partial charge in [0, 0.05) is 29.2 Å². The maximum absolute atomic E-state index is 11.7. The van der Waals surface area contributed by atoms with Crippen LogP contribution in [0.15, 0.2) is 27.6 Å². The van der Waals surface area contributed by atoms with E-state index in [0.29, 0.717) is 4.91 Å². The fraction of sp³-hybridized carbons (Fsp3) is 0.286. The molecule has 1 aromatic carbocycles. The monoisotopic (exact) mass is 403 g/mol. The van der Waals surface area contributed by atoms with E-state index in [1.807, 2.05) is 18.2 Å². The van der Waals surface area contributed by atoms with Crippen LogP contribution in [-0.4, -0.2) is 30.3 Å². The Morgan fingerprint density at radius 2 is 2.18 bits per heavy atom. The van der Waals surface area contributed by atoms with Crippen LogP contribution in [0.4, 0.5) is 10.5 Å². The molecule has 2 fully saturated rings. The Morgan fingerprint density at radius 3 is 2.77 bits per heavy atom. The molecule has 3 N–H and O–H groups in total. The molecule has 2 amide bonds. The van der Waals surface area contributed by atoms with Crippen molar-refractivity contribution in [1.82, 2.24) is 5.32 Å². The highest BCUT2D eigenvalue weighted by atomic mass is 79.9. The number of imide groups is 1. The van der Waals surface area contributed by atoms with E-state index in [4.69, 9.17) is 5.73 Å². The van der Waals surface area contributed by atoms with Crippen molar-refractivity contribution < 1.29 is 9.59 Å². The van der Waals surface area contributed by atoms with E-state index in [1.165, 1.54) is 0 Å². The van der Waals surface area contributed by atoms with Crippen LogP contribution in [0.25, 0.3) is 6.08 Å². The van der Waals surface area contributed by atoms with Gasteiger partial charge in [-0.05, 0) is 46.3 Å². The van der Waals surface area contributed by atoms with Gasteiger partial charge in [-0.25, -0.2) is 0 Å². The van der Waals surface area contributed by atoms with Crippen molar-refractivity contribution in [3.8, 4) is 0 Å². The van der Waals surface area contributed by atoms with Crippen LogP contribution in [-0.2, 0) is 4.79 Å². The predicted octanol–water partition coefficient (Wildman–Crippen LogP) is 2.73. The SMILES string of the molecule is Cl.NC1CCN(c2c(Br)cccc2C=C2SC(=O)NC2=O)C1. The van der Waals surface area contributed by atoms with Gasteiger partial charge in [0.15, 0.2) is 0 Å². The lowest BCUT2D eigenvalue weighted by atomic mass is 10.1. The van der Waals surface area contributed by atoms with Gasteiger partial charge in [-0.1, -0.05) is 12.1 Å². The molecule has 0 aliphatic carbocycles. The minimum Gasteiger partial charge on any atom is -0.369 e. The Bertz CT molecular complexity index is 653. The molecule has 0 saturated carbocycles. The number of nitrogens with one attached hydrogen (secondary N) is 1. The van der Waals surface area contributed by atoms with E-state index in [0.717, 1.165) is 47.0 Å². The summed E-state index contributed by atoms with van der Waals surface area (Å²) in [7, 11) is 0. The molecule has 2 aliphatic rings. The topological polar surface area (TPSA) is 75.4 Å². The number of carbonyl (C=O) groups is 2. The summed E-state index contributed by atoms with van der Waals surface area (Å²) >= 11 is 4.50. The molecule has 2 heterocycles. The number of thioether (sulfide) groups is 1. The number of para-hydroxylation sites is 1. The first-order valence-corrected chi connectivity index (χ1v) is 8.19. The van der Waals surface area contributed by atoms with Gasteiger partial charge < -0.3 is 10.6 Å². The highest BCUT2D eigenvalue weighted by Gasteiger charge is 2.27. The second kappa shape index (κ2) is 7.04. The van der Waals surface area contributed by atoms with Crippen LogP contribution in [0, 0.1) is 0 Å². The summed E-state index contributed by atoms with van der Waals surface area (Å²) < 4.78 is 0.959. The zero-order valence-electron chi connectivity index (χ0n) is 11.5. The molecule has 2 saturated heterocycles. The van der Waals surface area contributed by atoms with E-state index in [1.54, 1.807) is 6.08 Å². The van der Waals surface area contributed by atoms with Gasteiger partial charge in [-0.15, -0.1) is 12.4 Å². The van der Waals surface area contributed by atoms with Crippen LogP contribution in [0.1, 0.15) is 12.0 Å². The highest BCUT2D eigenvalue weighted by Crippen LogP contribution is 2.35. The van der Waals surface area contributed by atoms with E-state index in [-0.39, 0.29) is 29.6 Å². The number of hydrogen-bond acceptors (Lipinski definition) is 5. The molecule has 0 spiro atoms. The summed E-state index contributed by atoms with van der Waals surface area (Å²) in [5.41, 5.74) is 7.91. The van der Waals surface area contributed by atoms with E-state index < -0.39 is 0 Å². The average Bonchev–Trinajstić information content (AvgIpc) is 2.96. The quantitative estimate of drug-likeness (QED) is 0.741. The lowest BCUT2D eigenvalue weighted by Crippen LogP contribution is -2.27. The first kappa shape index (κ1) is 17.3. The lowest BCUT2D eigenvalue weighted by Gasteiger charge is -2.22. The molecular weight excluding hydrogens is 390 g/mol. The van der Waals surface area contributed by atoms with Gasteiger partial charge in [0.2, 0.25) is 0 Å². The molecule has 0 bridgehead atoms. The van der Waals surface area contributed by atoms with Crippen molar-refractivity contribution in [3.63, 3.8) is 0 Å². The number of carbonyl (C=O) groups excluding carboxylic acids is 2. The number of nitrogens with two attached hydrogens (primary N) is 1. The Labute approximate surface area is 147 Å². The van der Waals surface area contributed by atoms with Crippen LogP contribution in [0.2, 0.25) is 0 Å². The molecule has 0 aromatic heterocycles. The Morgan fingerprint density at radius 1 is 1.41 bits per heavy atom. The van der Waals surface area contributed by atoms with Gasteiger partial charge in [-0.3, -0.25) is 14.9 Å². The summed E-state index contributed by atoms with van der Waals surface area (Å²) in [6.07, 6.45) is 2.71. The molecule has 0 radical (unpaired) electrons. The highest BCUT2D eigenvalue weighted by molar-refractivity contribution is 9.10. The Balaban J connectivity index is 0.00000176. The van der Waals surface area contributed by atoms with Crippen molar-refractivity contribution in [2.45, 2.75) is 12.5 Å². The van der Waals surface area contributed by atoms with Gasteiger partial charge in [-0.2, -0.15) is 0 Å². The third-order valence-electron chi connectivity index (χ3n) is 3.49. The van der Waals surface area contributed by atoms with Crippen LogP contribution in [0.3, 0.4) is 0 Å². The zero-order chi connectivity index (χ0) is 15.0. The average molecular weight is 405 g/mol. The molecule has 1 aromatic rings. The number of amides is 2. The van der Waals surface area contributed by atoms with Crippen molar-refractivity contribution in [2.75, 3.05) is 18.0 Å². The van der Waals surface area contributed by atoms with Crippen molar-refractivity contribution in [3.05, 3.63) is 33.1 Å². The third kappa shape index (κ3) is 3.48. The van der Waals surface area contributed by atoms with Gasteiger partial charge in [0.25, 0.3) is 11.1 Å². The maximum atomic E-state index is 11.7.